The summed E-state index contributed by atoms with van der Waals surface area (Å²) in [7, 11) is -3.31. The van der Waals surface area contributed by atoms with Gasteiger partial charge in [-0.1, -0.05) is 10.8 Å². The summed E-state index contributed by atoms with van der Waals surface area (Å²) in [4.78, 5) is 10.3. The number of nitrogens with one attached hydrogen (secondary N) is 1. The quantitative estimate of drug-likeness (QED) is 0.577. The lowest BCUT2D eigenvalue weighted by atomic mass is 10.2. The maximum absolute atomic E-state index is 10.2. The standard InChI is InChI=1S/C8H8N2O4S/c11-4-9-5-1-2-6-7(3-5)15(13,14)10-8(6)12/h1-4,13-14H,(H,9,11)(H,10,12). The zero-order valence-corrected chi connectivity index (χ0v) is 8.23. The summed E-state index contributed by atoms with van der Waals surface area (Å²) in [6.45, 7) is 0. The minimum atomic E-state index is -3.31. The van der Waals surface area contributed by atoms with E-state index in [2.05, 4.69) is 9.71 Å². The van der Waals surface area contributed by atoms with Gasteiger partial charge < -0.3 is 10.4 Å². The van der Waals surface area contributed by atoms with Crippen LogP contribution in [0.15, 0.2) is 27.5 Å². The Labute approximate surface area is 86.8 Å². The Bertz CT molecular complexity index is 458. The number of benzene rings is 1. The summed E-state index contributed by atoms with van der Waals surface area (Å²) >= 11 is 0. The average molecular weight is 228 g/mol. The molecule has 4 N–H and O–H groups in total. The van der Waals surface area contributed by atoms with E-state index in [-0.39, 0.29) is 10.5 Å². The average Bonchev–Trinajstić information content (AvgIpc) is 2.38. The fourth-order valence-corrected chi connectivity index (χ4v) is 2.49. The Kier molecular flexibility index (Phi) is 2.14. The fraction of sp³-hybridized carbons (Fsp3) is 0. The number of anilines is 1. The number of fused-ring (bicyclic) bond motifs is 1. The molecule has 7 heteroatoms. The topological polar surface area (TPSA) is 102 Å². The van der Waals surface area contributed by atoms with Crippen LogP contribution in [0.25, 0.3) is 0 Å². The smallest absolute Gasteiger partial charge is 0.237 e. The predicted molar refractivity (Wildman–Crippen MR) is 56.4 cm³/mol. The van der Waals surface area contributed by atoms with E-state index in [1.165, 1.54) is 18.2 Å². The second-order valence-electron chi connectivity index (χ2n) is 2.91. The van der Waals surface area contributed by atoms with Crippen molar-refractivity contribution in [3.63, 3.8) is 0 Å². The van der Waals surface area contributed by atoms with Gasteiger partial charge in [0.15, 0.2) is 0 Å². The lowest BCUT2D eigenvalue weighted by molar-refractivity contribution is -0.105. The Morgan fingerprint density at radius 3 is 2.80 bits per heavy atom. The van der Waals surface area contributed by atoms with Crippen LogP contribution in [0.1, 0.15) is 5.56 Å². The second-order valence-corrected chi connectivity index (χ2v) is 4.57. The molecule has 2 rings (SSSR count). The van der Waals surface area contributed by atoms with Crippen molar-refractivity contribution in [3.8, 4) is 0 Å². The summed E-state index contributed by atoms with van der Waals surface area (Å²) in [6.07, 6.45) is 0.475. The molecule has 0 saturated heterocycles. The van der Waals surface area contributed by atoms with Crippen molar-refractivity contribution in [2.45, 2.75) is 4.90 Å². The van der Waals surface area contributed by atoms with Gasteiger partial charge in [-0.15, -0.1) is 4.40 Å². The molecule has 1 aliphatic heterocycles. The minimum absolute atomic E-state index is 0.117. The number of hydrogen-bond donors (Lipinski definition) is 4. The highest BCUT2D eigenvalue weighted by molar-refractivity contribution is 8.23. The number of nitrogens with zero attached hydrogens (tertiary/aromatic N) is 1. The van der Waals surface area contributed by atoms with Gasteiger partial charge in [-0.25, -0.2) is 0 Å². The highest BCUT2D eigenvalue weighted by Crippen LogP contribution is 2.55. The SMILES string of the molecule is O=CNc1ccc2c(c1)S(O)(O)N=C2O. The largest absolute Gasteiger partial charge is 0.492 e. The van der Waals surface area contributed by atoms with Crippen molar-refractivity contribution < 1.29 is 19.0 Å². The summed E-state index contributed by atoms with van der Waals surface area (Å²) in [5.41, 5.74) is 0.681. The molecule has 0 spiro atoms. The highest BCUT2D eigenvalue weighted by atomic mass is 32.3. The molecule has 1 aromatic rings. The molecule has 0 aromatic heterocycles. The molecule has 80 valence electrons. The number of carbonyl (C=O) groups is 1. The Balaban J connectivity index is 2.52. The van der Waals surface area contributed by atoms with E-state index < -0.39 is 16.7 Å². The zero-order chi connectivity index (χ0) is 11.1. The summed E-state index contributed by atoms with van der Waals surface area (Å²) in [5.74, 6) is -0.400. The van der Waals surface area contributed by atoms with Gasteiger partial charge in [0.2, 0.25) is 12.3 Å². The molecule has 1 amide bonds. The Morgan fingerprint density at radius 2 is 2.13 bits per heavy atom. The monoisotopic (exact) mass is 228 g/mol. The van der Waals surface area contributed by atoms with Crippen molar-refractivity contribution in [2.24, 2.45) is 4.40 Å². The Hall–Kier alpha value is -1.57. The van der Waals surface area contributed by atoms with E-state index in [0.29, 0.717) is 12.1 Å². The number of amides is 1. The van der Waals surface area contributed by atoms with Crippen LogP contribution in [0.3, 0.4) is 0 Å². The molecule has 0 atom stereocenters. The van der Waals surface area contributed by atoms with E-state index in [1.54, 1.807) is 0 Å². The fourth-order valence-electron chi connectivity index (χ4n) is 1.31. The normalized spacial score (nSPS) is 18.9. The van der Waals surface area contributed by atoms with Crippen LogP contribution in [-0.2, 0) is 4.79 Å². The molecule has 0 fully saturated rings. The van der Waals surface area contributed by atoms with Gasteiger partial charge in [0.1, 0.15) is 0 Å². The third-order valence-corrected chi connectivity index (χ3v) is 3.31. The molecule has 0 unspecified atom stereocenters. The van der Waals surface area contributed by atoms with Crippen molar-refractivity contribution in [1.82, 2.24) is 0 Å². The van der Waals surface area contributed by atoms with Gasteiger partial charge in [-0.05, 0) is 18.2 Å². The van der Waals surface area contributed by atoms with Crippen LogP contribution in [0.4, 0.5) is 5.69 Å². The first-order valence-electron chi connectivity index (χ1n) is 3.96. The maximum atomic E-state index is 10.2. The van der Waals surface area contributed by atoms with Crippen LogP contribution in [-0.4, -0.2) is 26.5 Å². The molecule has 0 saturated carbocycles. The first kappa shape index (κ1) is 9.97. The lowest BCUT2D eigenvalue weighted by Crippen LogP contribution is -1.99. The summed E-state index contributed by atoms with van der Waals surface area (Å²) in [5, 5.41) is 11.7. The van der Waals surface area contributed by atoms with Gasteiger partial charge in [0.25, 0.3) is 0 Å². The van der Waals surface area contributed by atoms with Crippen molar-refractivity contribution in [2.75, 3.05) is 5.32 Å². The zero-order valence-electron chi connectivity index (χ0n) is 7.41. The van der Waals surface area contributed by atoms with Gasteiger partial charge >= 0.3 is 0 Å². The molecular formula is C8H8N2O4S. The highest BCUT2D eigenvalue weighted by Gasteiger charge is 2.29. The van der Waals surface area contributed by atoms with E-state index in [1.807, 2.05) is 0 Å². The van der Waals surface area contributed by atoms with Crippen LogP contribution in [0.2, 0.25) is 0 Å². The van der Waals surface area contributed by atoms with Gasteiger partial charge in [-0.2, -0.15) is 0 Å². The van der Waals surface area contributed by atoms with Gasteiger partial charge in [-0.3, -0.25) is 13.9 Å². The Morgan fingerprint density at radius 1 is 1.40 bits per heavy atom. The number of aliphatic hydroxyl groups excluding tert-OH is 1. The minimum Gasteiger partial charge on any atom is -0.492 e. The molecular weight excluding hydrogens is 220 g/mol. The summed E-state index contributed by atoms with van der Waals surface area (Å²) < 4.78 is 22.3. The van der Waals surface area contributed by atoms with Crippen molar-refractivity contribution >= 4 is 28.8 Å². The van der Waals surface area contributed by atoms with E-state index >= 15 is 0 Å². The number of aliphatic hydroxyl groups is 1. The molecule has 15 heavy (non-hydrogen) atoms. The van der Waals surface area contributed by atoms with E-state index in [4.69, 9.17) is 0 Å². The van der Waals surface area contributed by atoms with Crippen LogP contribution in [0.5, 0.6) is 0 Å². The maximum Gasteiger partial charge on any atom is 0.237 e. The molecule has 0 aliphatic carbocycles. The van der Waals surface area contributed by atoms with Gasteiger partial charge in [0.05, 0.1) is 10.5 Å². The van der Waals surface area contributed by atoms with Crippen LogP contribution >= 0.6 is 10.8 Å². The van der Waals surface area contributed by atoms with Crippen molar-refractivity contribution in [3.05, 3.63) is 23.8 Å². The van der Waals surface area contributed by atoms with E-state index in [9.17, 15) is 19.0 Å². The third kappa shape index (κ3) is 1.56. The first-order valence-corrected chi connectivity index (χ1v) is 5.47. The number of rotatable bonds is 2. The second kappa shape index (κ2) is 3.23. The van der Waals surface area contributed by atoms with Crippen LogP contribution in [0, 0.1) is 0 Å². The number of hydrogen-bond acceptors (Lipinski definition) is 4. The number of carbonyl (C=O) groups excluding carboxylic acids is 1. The first-order chi connectivity index (χ1) is 7.04. The molecule has 0 bridgehead atoms. The van der Waals surface area contributed by atoms with Gasteiger partial charge in [0, 0.05) is 5.69 Å². The summed E-state index contributed by atoms with van der Waals surface area (Å²) in [6, 6.07) is 4.35. The van der Waals surface area contributed by atoms with E-state index in [0.717, 1.165) is 0 Å². The lowest BCUT2D eigenvalue weighted by Gasteiger charge is -2.22. The molecule has 1 heterocycles. The predicted octanol–water partition coefficient (Wildman–Crippen LogP) is 1.60. The third-order valence-electron chi connectivity index (χ3n) is 1.96. The molecule has 1 aliphatic rings. The van der Waals surface area contributed by atoms with Crippen LogP contribution < -0.4 is 5.32 Å². The van der Waals surface area contributed by atoms with Crippen molar-refractivity contribution in [1.29, 1.82) is 0 Å². The molecule has 6 nitrogen and oxygen atoms in total. The molecule has 0 radical (unpaired) electrons. The molecule has 1 aromatic carbocycles.